The molecule has 0 fully saturated rings. The number of hydrogen-bond donors (Lipinski definition) is 1. The van der Waals surface area contributed by atoms with Crippen LogP contribution in [0.3, 0.4) is 0 Å². The molecule has 0 spiro atoms. The fourth-order valence-electron chi connectivity index (χ4n) is 2.98. The highest BCUT2D eigenvalue weighted by Gasteiger charge is 2.19. The summed E-state index contributed by atoms with van der Waals surface area (Å²) < 4.78 is 11.5. The second-order valence-electron chi connectivity index (χ2n) is 6.89. The lowest BCUT2D eigenvalue weighted by atomic mass is 10.2. The number of carbonyl (C=O) groups is 2. The summed E-state index contributed by atoms with van der Waals surface area (Å²) in [7, 11) is 1.57. The second-order valence-corrected chi connectivity index (χ2v) is 9.16. The molecule has 3 aromatic carbocycles. The lowest BCUT2D eigenvalue weighted by Gasteiger charge is -2.04. The van der Waals surface area contributed by atoms with Gasteiger partial charge in [0.15, 0.2) is 0 Å². The number of fused-ring (bicyclic) bond motifs is 1. The van der Waals surface area contributed by atoms with Gasteiger partial charge in [-0.1, -0.05) is 34.8 Å². The molecule has 1 heterocycles. The standard InChI is InChI=1S/C24H15Cl3N2O4S/c1-32-16-7-9-18-20(11-16)34-22(21(18)27)24(31)33-15-5-2-13(3-6-15)12-28-29-23(30)17-8-4-14(25)10-19(17)26/h2-12H,1H3,(H,29,30)/b28-12+. The van der Waals surface area contributed by atoms with Gasteiger partial charge in [0.1, 0.15) is 16.4 Å². The van der Waals surface area contributed by atoms with E-state index in [4.69, 9.17) is 44.3 Å². The van der Waals surface area contributed by atoms with E-state index in [0.29, 0.717) is 32.0 Å². The molecule has 4 aromatic rings. The Labute approximate surface area is 213 Å². The van der Waals surface area contributed by atoms with Gasteiger partial charge in [0.25, 0.3) is 5.91 Å². The number of hydrazone groups is 1. The lowest BCUT2D eigenvalue weighted by molar-refractivity contribution is 0.0739. The fraction of sp³-hybridized carbons (Fsp3) is 0.0417. The van der Waals surface area contributed by atoms with Crippen LogP contribution >= 0.6 is 46.1 Å². The molecule has 1 N–H and O–H groups in total. The van der Waals surface area contributed by atoms with Crippen molar-refractivity contribution in [1.29, 1.82) is 0 Å². The van der Waals surface area contributed by atoms with E-state index in [9.17, 15) is 9.59 Å². The summed E-state index contributed by atoms with van der Waals surface area (Å²) in [5, 5.41) is 5.68. The third-order valence-electron chi connectivity index (χ3n) is 4.67. The number of carbonyl (C=O) groups excluding carboxylic acids is 2. The summed E-state index contributed by atoms with van der Waals surface area (Å²) in [4.78, 5) is 25.1. The number of amides is 1. The molecule has 0 saturated heterocycles. The van der Waals surface area contributed by atoms with Gasteiger partial charge in [-0.25, -0.2) is 10.2 Å². The van der Waals surface area contributed by atoms with Gasteiger partial charge in [0.05, 0.1) is 28.9 Å². The second kappa shape index (κ2) is 10.4. The van der Waals surface area contributed by atoms with Gasteiger partial charge >= 0.3 is 5.97 Å². The monoisotopic (exact) mass is 532 g/mol. The highest BCUT2D eigenvalue weighted by molar-refractivity contribution is 7.21. The highest BCUT2D eigenvalue weighted by Crippen LogP contribution is 2.37. The Morgan fingerprint density at radius 2 is 1.71 bits per heavy atom. The maximum atomic E-state index is 12.7. The molecule has 10 heteroatoms. The van der Waals surface area contributed by atoms with Crippen molar-refractivity contribution in [3.63, 3.8) is 0 Å². The zero-order valence-corrected chi connectivity index (χ0v) is 20.6. The van der Waals surface area contributed by atoms with Crippen molar-refractivity contribution in [3.8, 4) is 11.5 Å². The van der Waals surface area contributed by atoms with Crippen LogP contribution in [0.15, 0.2) is 65.8 Å². The molecule has 172 valence electrons. The van der Waals surface area contributed by atoms with Gasteiger partial charge in [0.2, 0.25) is 0 Å². The quantitative estimate of drug-likeness (QED) is 0.127. The van der Waals surface area contributed by atoms with E-state index in [1.165, 1.54) is 29.7 Å². The van der Waals surface area contributed by atoms with E-state index in [2.05, 4.69) is 10.5 Å². The first-order chi connectivity index (χ1) is 16.4. The van der Waals surface area contributed by atoms with Gasteiger partial charge in [-0.15, -0.1) is 11.3 Å². The maximum Gasteiger partial charge on any atom is 0.355 e. The molecule has 0 radical (unpaired) electrons. The van der Waals surface area contributed by atoms with Crippen molar-refractivity contribution in [1.82, 2.24) is 5.43 Å². The molecule has 0 aliphatic rings. The van der Waals surface area contributed by atoms with Gasteiger partial charge in [-0.3, -0.25) is 4.79 Å². The number of thiophene rings is 1. The van der Waals surface area contributed by atoms with Crippen LogP contribution in [0.5, 0.6) is 11.5 Å². The van der Waals surface area contributed by atoms with E-state index in [1.807, 2.05) is 6.07 Å². The van der Waals surface area contributed by atoms with Gasteiger partial charge in [-0.2, -0.15) is 5.10 Å². The average Bonchev–Trinajstić information content (AvgIpc) is 3.16. The molecule has 6 nitrogen and oxygen atoms in total. The normalized spacial score (nSPS) is 11.1. The first-order valence-electron chi connectivity index (χ1n) is 9.72. The van der Waals surface area contributed by atoms with E-state index in [0.717, 1.165) is 10.1 Å². The molecule has 0 bridgehead atoms. The summed E-state index contributed by atoms with van der Waals surface area (Å²) in [6.07, 6.45) is 1.45. The number of methoxy groups -OCH3 is 1. The minimum Gasteiger partial charge on any atom is -0.497 e. The Morgan fingerprint density at radius 1 is 0.971 bits per heavy atom. The van der Waals surface area contributed by atoms with Gasteiger partial charge in [0, 0.05) is 15.1 Å². The summed E-state index contributed by atoms with van der Waals surface area (Å²) in [6, 6.07) is 16.5. The molecule has 0 aliphatic carbocycles. The number of hydrogen-bond acceptors (Lipinski definition) is 6. The minimum absolute atomic E-state index is 0.226. The zero-order chi connectivity index (χ0) is 24.2. The van der Waals surface area contributed by atoms with E-state index in [-0.39, 0.29) is 10.6 Å². The number of nitrogens with zero attached hydrogens (tertiary/aromatic N) is 1. The number of benzene rings is 3. The molecule has 4 rings (SSSR count). The SMILES string of the molecule is COc1ccc2c(Cl)c(C(=O)Oc3ccc(/C=N/NC(=O)c4ccc(Cl)cc4Cl)cc3)sc2c1. The van der Waals surface area contributed by atoms with Gasteiger partial charge in [-0.05, 0) is 66.2 Å². The molecule has 34 heavy (non-hydrogen) atoms. The number of ether oxygens (including phenoxy) is 2. The van der Waals surface area contributed by atoms with Crippen molar-refractivity contribution in [2.75, 3.05) is 7.11 Å². The van der Waals surface area contributed by atoms with Crippen molar-refractivity contribution in [2.24, 2.45) is 5.10 Å². The summed E-state index contributed by atoms with van der Waals surface area (Å²) in [5.41, 5.74) is 3.33. The Bertz CT molecular complexity index is 1420. The van der Waals surface area contributed by atoms with Crippen molar-refractivity contribution < 1.29 is 19.1 Å². The number of rotatable bonds is 6. The Hall–Kier alpha value is -3.10. The van der Waals surface area contributed by atoms with E-state index in [1.54, 1.807) is 49.6 Å². The summed E-state index contributed by atoms with van der Waals surface area (Å²) in [6.45, 7) is 0. The van der Waals surface area contributed by atoms with Crippen LogP contribution in [0.1, 0.15) is 25.6 Å². The topological polar surface area (TPSA) is 77.0 Å². The van der Waals surface area contributed by atoms with Crippen LogP contribution in [0.2, 0.25) is 15.1 Å². The van der Waals surface area contributed by atoms with Crippen molar-refractivity contribution in [2.45, 2.75) is 0 Å². The highest BCUT2D eigenvalue weighted by atomic mass is 35.5. The first-order valence-corrected chi connectivity index (χ1v) is 11.7. The van der Waals surface area contributed by atoms with E-state index >= 15 is 0 Å². The molecule has 0 saturated carbocycles. The Balaban J connectivity index is 1.40. The smallest absolute Gasteiger partial charge is 0.355 e. The van der Waals surface area contributed by atoms with Crippen LogP contribution in [-0.4, -0.2) is 25.2 Å². The molecular formula is C24H15Cl3N2O4S. The molecule has 0 unspecified atom stereocenters. The predicted octanol–water partition coefficient (Wildman–Crippen LogP) is 6.85. The first kappa shape index (κ1) is 24.0. The maximum absolute atomic E-state index is 12.7. The van der Waals surface area contributed by atoms with Crippen LogP contribution in [0.4, 0.5) is 0 Å². The number of esters is 1. The van der Waals surface area contributed by atoms with Crippen LogP contribution in [0, 0.1) is 0 Å². The summed E-state index contributed by atoms with van der Waals surface area (Å²) >= 11 is 19.5. The van der Waals surface area contributed by atoms with E-state index < -0.39 is 11.9 Å². The number of halogens is 3. The van der Waals surface area contributed by atoms with Crippen molar-refractivity contribution in [3.05, 3.63) is 91.7 Å². The van der Waals surface area contributed by atoms with Gasteiger partial charge < -0.3 is 9.47 Å². The number of nitrogens with one attached hydrogen (secondary N) is 1. The Kier molecular flexibility index (Phi) is 7.38. The Morgan fingerprint density at radius 3 is 2.41 bits per heavy atom. The van der Waals surface area contributed by atoms with Crippen LogP contribution in [-0.2, 0) is 0 Å². The van der Waals surface area contributed by atoms with Crippen molar-refractivity contribution >= 4 is 74.3 Å². The fourth-order valence-corrected chi connectivity index (χ4v) is 4.89. The third kappa shape index (κ3) is 5.34. The molecule has 1 amide bonds. The molecular weight excluding hydrogens is 519 g/mol. The molecule has 1 aromatic heterocycles. The largest absolute Gasteiger partial charge is 0.497 e. The zero-order valence-electron chi connectivity index (χ0n) is 17.5. The average molecular weight is 534 g/mol. The lowest BCUT2D eigenvalue weighted by Crippen LogP contribution is -2.18. The third-order valence-corrected chi connectivity index (χ3v) is 6.85. The predicted molar refractivity (Wildman–Crippen MR) is 136 cm³/mol. The summed E-state index contributed by atoms with van der Waals surface area (Å²) in [5.74, 6) is -0.0136. The molecule has 0 aliphatic heterocycles. The minimum atomic E-state index is -0.557. The molecule has 0 atom stereocenters. The van der Waals surface area contributed by atoms with Crippen LogP contribution < -0.4 is 14.9 Å². The van der Waals surface area contributed by atoms with Crippen LogP contribution in [0.25, 0.3) is 10.1 Å².